The molecule has 1 rings (SSSR count). The number of carbonyl (C=O) groups is 2. The molecule has 0 atom stereocenters. The van der Waals surface area contributed by atoms with Crippen molar-refractivity contribution in [1.82, 2.24) is 0 Å². The minimum absolute atomic E-state index is 0.0300. The van der Waals surface area contributed by atoms with Crippen LogP contribution >= 0.6 is 0 Å². The molecule has 0 bridgehead atoms. The van der Waals surface area contributed by atoms with Crippen LogP contribution in [0.15, 0.2) is 0 Å². The summed E-state index contributed by atoms with van der Waals surface area (Å²) in [6.07, 6.45) is 5.19. The topological polar surface area (TPSA) is 43.4 Å². The van der Waals surface area contributed by atoms with Gasteiger partial charge in [0.2, 0.25) is 5.78 Å². The second-order valence-corrected chi connectivity index (χ2v) is 5.24. The lowest BCUT2D eigenvalue weighted by atomic mass is 9.91. The Morgan fingerprint density at radius 3 is 2.07 bits per heavy atom. The van der Waals surface area contributed by atoms with E-state index in [2.05, 4.69) is 0 Å². The monoisotopic (exact) mass is 212 g/mol. The number of esters is 1. The maximum Gasteiger partial charge on any atom is 0.375 e. The van der Waals surface area contributed by atoms with Crippen LogP contribution in [-0.4, -0.2) is 17.9 Å². The molecule has 0 N–H and O–H groups in total. The molecule has 86 valence electrons. The normalized spacial score (nSPS) is 18.6. The van der Waals surface area contributed by atoms with Gasteiger partial charge < -0.3 is 4.74 Å². The van der Waals surface area contributed by atoms with Gasteiger partial charge in [-0.25, -0.2) is 4.79 Å². The Morgan fingerprint density at radius 1 is 1.07 bits per heavy atom. The van der Waals surface area contributed by atoms with Crippen LogP contribution in [0.25, 0.3) is 0 Å². The number of hydrogen-bond acceptors (Lipinski definition) is 3. The molecule has 0 amide bonds. The van der Waals surface area contributed by atoms with Gasteiger partial charge in [-0.2, -0.15) is 0 Å². The third kappa shape index (κ3) is 3.65. The molecule has 1 aliphatic rings. The minimum Gasteiger partial charge on any atom is -0.457 e. The molecule has 0 unspecified atom stereocenters. The van der Waals surface area contributed by atoms with Crippen LogP contribution < -0.4 is 0 Å². The lowest BCUT2D eigenvalue weighted by Gasteiger charge is -2.23. The number of ether oxygens (including phenoxy) is 1. The molecular weight excluding hydrogens is 192 g/mol. The highest BCUT2D eigenvalue weighted by molar-refractivity contribution is 6.35. The molecule has 0 spiro atoms. The van der Waals surface area contributed by atoms with E-state index in [-0.39, 0.29) is 6.10 Å². The highest BCUT2D eigenvalue weighted by Gasteiger charge is 2.31. The Kier molecular flexibility index (Phi) is 3.89. The lowest BCUT2D eigenvalue weighted by molar-refractivity contribution is -0.162. The highest BCUT2D eigenvalue weighted by atomic mass is 16.5. The fourth-order valence-corrected chi connectivity index (χ4v) is 1.69. The van der Waals surface area contributed by atoms with Crippen molar-refractivity contribution in [2.45, 2.75) is 59.0 Å². The molecule has 1 saturated carbocycles. The van der Waals surface area contributed by atoms with E-state index in [1.54, 1.807) is 20.8 Å². The molecule has 3 heteroatoms. The van der Waals surface area contributed by atoms with Gasteiger partial charge in [0, 0.05) is 5.41 Å². The van der Waals surface area contributed by atoms with Crippen molar-refractivity contribution >= 4 is 11.8 Å². The SMILES string of the molecule is CC(C)(C)C(=O)C(=O)OC1CCCCC1. The summed E-state index contributed by atoms with van der Waals surface area (Å²) in [5, 5.41) is 0. The van der Waals surface area contributed by atoms with Crippen LogP contribution in [0.4, 0.5) is 0 Å². The number of rotatable bonds is 2. The summed E-state index contributed by atoms with van der Waals surface area (Å²) in [5.74, 6) is -1.08. The number of ketones is 1. The summed E-state index contributed by atoms with van der Waals surface area (Å²) in [6.45, 7) is 5.20. The van der Waals surface area contributed by atoms with Gasteiger partial charge in [-0.15, -0.1) is 0 Å². The van der Waals surface area contributed by atoms with E-state index in [1.807, 2.05) is 0 Å². The van der Waals surface area contributed by atoms with Crippen LogP contribution in [0, 0.1) is 5.41 Å². The summed E-state index contributed by atoms with van der Waals surface area (Å²) in [7, 11) is 0. The van der Waals surface area contributed by atoms with Crippen molar-refractivity contribution in [1.29, 1.82) is 0 Å². The van der Waals surface area contributed by atoms with Gasteiger partial charge in [-0.3, -0.25) is 4.79 Å². The molecule has 15 heavy (non-hydrogen) atoms. The van der Waals surface area contributed by atoms with E-state index in [1.165, 1.54) is 6.42 Å². The van der Waals surface area contributed by atoms with Gasteiger partial charge in [0.25, 0.3) is 0 Å². The fourth-order valence-electron chi connectivity index (χ4n) is 1.69. The largest absolute Gasteiger partial charge is 0.457 e. The van der Waals surface area contributed by atoms with Crippen molar-refractivity contribution in [3.63, 3.8) is 0 Å². The molecule has 0 aromatic heterocycles. The van der Waals surface area contributed by atoms with Gasteiger partial charge >= 0.3 is 5.97 Å². The zero-order chi connectivity index (χ0) is 11.5. The predicted molar refractivity (Wildman–Crippen MR) is 57.4 cm³/mol. The number of hydrogen-bond donors (Lipinski definition) is 0. The van der Waals surface area contributed by atoms with Gasteiger partial charge in [0.1, 0.15) is 6.10 Å². The van der Waals surface area contributed by atoms with Crippen LogP contribution in [0.2, 0.25) is 0 Å². The summed E-state index contributed by atoms with van der Waals surface area (Å²) in [6, 6.07) is 0. The molecule has 0 aromatic rings. The number of Topliss-reactive ketones (excluding diaryl/α,β-unsaturated/α-hetero) is 1. The van der Waals surface area contributed by atoms with Gasteiger partial charge in [0.05, 0.1) is 0 Å². The second kappa shape index (κ2) is 4.77. The lowest BCUT2D eigenvalue weighted by Crippen LogP contribution is -2.33. The van der Waals surface area contributed by atoms with E-state index >= 15 is 0 Å². The summed E-state index contributed by atoms with van der Waals surface area (Å²) in [5.41, 5.74) is -0.633. The Bertz CT molecular complexity index is 244. The Morgan fingerprint density at radius 2 is 1.60 bits per heavy atom. The smallest absolute Gasteiger partial charge is 0.375 e. The van der Waals surface area contributed by atoms with Crippen LogP contribution in [0.5, 0.6) is 0 Å². The average molecular weight is 212 g/mol. The molecule has 0 aliphatic heterocycles. The van der Waals surface area contributed by atoms with Crippen molar-refractivity contribution in [3.8, 4) is 0 Å². The quantitative estimate of drug-likeness (QED) is 0.521. The highest BCUT2D eigenvalue weighted by Crippen LogP contribution is 2.22. The molecule has 0 saturated heterocycles. The molecule has 1 aliphatic carbocycles. The first-order valence-corrected chi connectivity index (χ1v) is 5.66. The van der Waals surface area contributed by atoms with Crippen LogP contribution in [0.1, 0.15) is 52.9 Å². The molecular formula is C12H20O3. The average Bonchev–Trinajstić information content (AvgIpc) is 2.16. The maximum atomic E-state index is 11.6. The van der Waals surface area contributed by atoms with Crippen molar-refractivity contribution in [2.24, 2.45) is 5.41 Å². The summed E-state index contributed by atoms with van der Waals surface area (Å²) in [4.78, 5) is 23.0. The third-order valence-electron chi connectivity index (χ3n) is 2.69. The van der Waals surface area contributed by atoms with Crippen LogP contribution in [-0.2, 0) is 14.3 Å². The Labute approximate surface area is 91.2 Å². The van der Waals surface area contributed by atoms with Crippen molar-refractivity contribution in [2.75, 3.05) is 0 Å². The first kappa shape index (κ1) is 12.2. The molecule has 0 radical (unpaired) electrons. The van der Waals surface area contributed by atoms with Crippen molar-refractivity contribution in [3.05, 3.63) is 0 Å². The van der Waals surface area contributed by atoms with E-state index in [0.717, 1.165) is 25.7 Å². The first-order valence-electron chi connectivity index (χ1n) is 5.66. The number of carbonyl (C=O) groups excluding carboxylic acids is 2. The van der Waals surface area contributed by atoms with Gasteiger partial charge in [0.15, 0.2) is 0 Å². The Hall–Kier alpha value is -0.860. The second-order valence-electron chi connectivity index (χ2n) is 5.24. The van der Waals surface area contributed by atoms with Crippen LogP contribution in [0.3, 0.4) is 0 Å². The third-order valence-corrected chi connectivity index (χ3v) is 2.69. The zero-order valence-electron chi connectivity index (χ0n) is 9.84. The molecule has 0 heterocycles. The van der Waals surface area contributed by atoms with Gasteiger partial charge in [-0.05, 0) is 25.7 Å². The zero-order valence-corrected chi connectivity index (χ0v) is 9.84. The fraction of sp³-hybridized carbons (Fsp3) is 0.833. The minimum atomic E-state index is -0.658. The standard InChI is InChI=1S/C12H20O3/c1-12(2,3)10(13)11(14)15-9-7-5-4-6-8-9/h9H,4-8H2,1-3H3. The maximum absolute atomic E-state index is 11.6. The molecule has 1 fully saturated rings. The van der Waals surface area contributed by atoms with E-state index < -0.39 is 17.2 Å². The van der Waals surface area contributed by atoms with Gasteiger partial charge in [-0.1, -0.05) is 27.2 Å². The molecule has 0 aromatic carbocycles. The summed E-state index contributed by atoms with van der Waals surface area (Å²) < 4.78 is 5.19. The molecule has 3 nitrogen and oxygen atoms in total. The van der Waals surface area contributed by atoms with Crippen molar-refractivity contribution < 1.29 is 14.3 Å². The first-order chi connectivity index (χ1) is 6.91. The summed E-state index contributed by atoms with van der Waals surface area (Å²) >= 11 is 0. The van der Waals surface area contributed by atoms with E-state index in [0.29, 0.717) is 0 Å². The van der Waals surface area contributed by atoms with E-state index in [4.69, 9.17) is 4.74 Å². The van der Waals surface area contributed by atoms with E-state index in [9.17, 15) is 9.59 Å². The predicted octanol–water partition coefficient (Wildman–Crippen LogP) is 2.48. The Balaban J connectivity index is 2.44.